The third-order valence-corrected chi connectivity index (χ3v) is 10.4. The summed E-state index contributed by atoms with van der Waals surface area (Å²) in [6, 6.07) is 75.1. The van der Waals surface area contributed by atoms with Crippen LogP contribution in [0.2, 0.25) is 0 Å². The molecule has 0 bridgehead atoms. The fourth-order valence-corrected chi connectivity index (χ4v) is 7.72. The summed E-state index contributed by atoms with van der Waals surface area (Å²) in [7, 11) is 0. The number of para-hydroxylation sites is 1. The van der Waals surface area contributed by atoms with Gasteiger partial charge in [0.15, 0.2) is 0 Å². The second-order valence-electron chi connectivity index (χ2n) is 13.8. The van der Waals surface area contributed by atoms with Crippen LogP contribution in [-0.4, -0.2) is 9.97 Å². The van der Waals surface area contributed by atoms with Crippen LogP contribution >= 0.6 is 0 Å². The van der Waals surface area contributed by atoms with Crippen LogP contribution in [0, 0.1) is 0 Å². The second-order valence-corrected chi connectivity index (χ2v) is 13.8. The van der Waals surface area contributed by atoms with Crippen LogP contribution < -0.4 is 4.90 Å². The quantitative estimate of drug-likeness (QED) is 0.155. The lowest BCUT2D eigenvalue weighted by molar-refractivity contribution is 1.29. The largest absolute Gasteiger partial charge is 0.310 e. The SMILES string of the molecule is c1ccc(-c2nc3ccc4ccc(-c5ccccc5-c5ccc(N(c6ccccc6)c6ccc7ccccc7c6)cc5)cc4c3nc2-c2ccccc2)cc1. The first-order chi connectivity index (χ1) is 27.3. The minimum absolute atomic E-state index is 0.876. The monoisotopic (exact) mass is 701 g/mol. The molecular formula is C52H35N3. The van der Waals surface area contributed by atoms with E-state index in [4.69, 9.17) is 9.97 Å². The van der Waals surface area contributed by atoms with Crippen LogP contribution in [0.4, 0.5) is 17.1 Å². The number of aromatic nitrogens is 2. The molecule has 1 heterocycles. The summed E-state index contributed by atoms with van der Waals surface area (Å²) in [4.78, 5) is 13.0. The molecule has 0 atom stereocenters. The van der Waals surface area contributed by atoms with Gasteiger partial charge in [-0.1, -0.05) is 164 Å². The number of hydrogen-bond donors (Lipinski definition) is 0. The van der Waals surface area contributed by atoms with Crippen molar-refractivity contribution in [3.05, 3.63) is 212 Å². The predicted molar refractivity (Wildman–Crippen MR) is 231 cm³/mol. The van der Waals surface area contributed by atoms with E-state index < -0.39 is 0 Å². The molecule has 258 valence electrons. The van der Waals surface area contributed by atoms with E-state index in [-0.39, 0.29) is 0 Å². The van der Waals surface area contributed by atoms with Crippen molar-refractivity contribution in [3.63, 3.8) is 0 Å². The van der Waals surface area contributed by atoms with Crippen LogP contribution in [-0.2, 0) is 0 Å². The van der Waals surface area contributed by atoms with Gasteiger partial charge in [-0.15, -0.1) is 0 Å². The highest BCUT2D eigenvalue weighted by molar-refractivity contribution is 6.07. The summed E-state index contributed by atoms with van der Waals surface area (Å²) in [5.41, 5.74) is 13.6. The van der Waals surface area contributed by atoms with Gasteiger partial charge in [0.1, 0.15) is 0 Å². The highest BCUT2D eigenvalue weighted by Gasteiger charge is 2.17. The van der Waals surface area contributed by atoms with Gasteiger partial charge in [0.2, 0.25) is 0 Å². The molecular weight excluding hydrogens is 667 g/mol. The topological polar surface area (TPSA) is 29.0 Å². The zero-order valence-electron chi connectivity index (χ0n) is 30.0. The molecule has 0 fully saturated rings. The molecule has 0 amide bonds. The van der Waals surface area contributed by atoms with E-state index in [0.717, 1.165) is 72.5 Å². The normalized spacial score (nSPS) is 11.3. The molecule has 3 nitrogen and oxygen atoms in total. The molecule has 0 aliphatic heterocycles. The van der Waals surface area contributed by atoms with Crippen LogP contribution in [0.3, 0.4) is 0 Å². The lowest BCUT2D eigenvalue weighted by atomic mass is 9.92. The van der Waals surface area contributed by atoms with E-state index in [0.29, 0.717) is 0 Å². The Morgan fingerprint density at radius 2 is 0.818 bits per heavy atom. The third-order valence-electron chi connectivity index (χ3n) is 10.4. The average Bonchev–Trinajstić information content (AvgIpc) is 3.27. The molecule has 10 aromatic rings. The maximum Gasteiger partial charge on any atom is 0.0973 e. The Bertz CT molecular complexity index is 2960. The number of anilines is 3. The zero-order chi connectivity index (χ0) is 36.6. The third kappa shape index (κ3) is 6.08. The van der Waals surface area contributed by atoms with E-state index in [2.05, 4.69) is 205 Å². The van der Waals surface area contributed by atoms with Crippen molar-refractivity contribution in [3.8, 4) is 44.8 Å². The Kier molecular flexibility index (Phi) is 8.16. The second kappa shape index (κ2) is 13.9. The Balaban J connectivity index is 1.07. The average molecular weight is 702 g/mol. The van der Waals surface area contributed by atoms with Crippen molar-refractivity contribution >= 4 is 49.6 Å². The van der Waals surface area contributed by atoms with Gasteiger partial charge < -0.3 is 4.90 Å². The molecule has 0 aliphatic rings. The molecule has 0 saturated carbocycles. The smallest absolute Gasteiger partial charge is 0.0973 e. The Labute approximate surface area is 320 Å². The lowest BCUT2D eigenvalue weighted by Crippen LogP contribution is -2.09. The molecule has 55 heavy (non-hydrogen) atoms. The standard InChI is InChI=1S/C52H35N3/c1-4-15-39(16-5-1)50-51(40-17-6-2-7-18-40)54-52-48-35-42(25-24-38(48)29-33-49(52)53-50)47-23-13-12-22-46(47)37-27-30-44(31-28-37)55(43-20-8-3-9-21-43)45-32-26-36-14-10-11-19-41(36)34-45/h1-35H. The molecule has 9 aromatic carbocycles. The number of hydrogen-bond acceptors (Lipinski definition) is 3. The van der Waals surface area contributed by atoms with Crippen LogP contribution in [0.15, 0.2) is 212 Å². The van der Waals surface area contributed by atoms with Crippen molar-refractivity contribution in [1.82, 2.24) is 9.97 Å². The van der Waals surface area contributed by atoms with Gasteiger partial charge in [-0.2, -0.15) is 0 Å². The van der Waals surface area contributed by atoms with Gasteiger partial charge in [0.25, 0.3) is 0 Å². The first-order valence-electron chi connectivity index (χ1n) is 18.7. The highest BCUT2D eigenvalue weighted by Crippen LogP contribution is 2.40. The van der Waals surface area contributed by atoms with Crippen molar-refractivity contribution in [2.45, 2.75) is 0 Å². The van der Waals surface area contributed by atoms with E-state index in [9.17, 15) is 0 Å². The molecule has 0 N–H and O–H groups in total. The van der Waals surface area contributed by atoms with E-state index in [1.165, 1.54) is 21.9 Å². The van der Waals surface area contributed by atoms with Crippen molar-refractivity contribution < 1.29 is 0 Å². The zero-order valence-corrected chi connectivity index (χ0v) is 30.0. The molecule has 10 rings (SSSR count). The molecule has 1 aromatic heterocycles. The fourth-order valence-electron chi connectivity index (χ4n) is 7.72. The summed E-state index contributed by atoms with van der Waals surface area (Å²) < 4.78 is 0. The minimum atomic E-state index is 0.876. The summed E-state index contributed by atoms with van der Waals surface area (Å²) in [5.74, 6) is 0. The molecule has 0 unspecified atom stereocenters. The van der Waals surface area contributed by atoms with Crippen molar-refractivity contribution in [2.75, 3.05) is 4.90 Å². The van der Waals surface area contributed by atoms with Crippen LogP contribution in [0.5, 0.6) is 0 Å². The van der Waals surface area contributed by atoms with E-state index in [1.54, 1.807) is 0 Å². The molecule has 0 aliphatic carbocycles. The van der Waals surface area contributed by atoms with Gasteiger partial charge in [0, 0.05) is 33.6 Å². The van der Waals surface area contributed by atoms with Gasteiger partial charge in [-0.3, -0.25) is 0 Å². The highest BCUT2D eigenvalue weighted by atomic mass is 15.1. The Morgan fingerprint density at radius 3 is 1.53 bits per heavy atom. The maximum atomic E-state index is 5.39. The molecule has 0 radical (unpaired) electrons. The number of benzene rings is 9. The van der Waals surface area contributed by atoms with Gasteiger partial charge in [0.05, 0.1) is 22.4 Å². The van der Waals surface area contributed by atoms with E-state index >= 15 is 0 Å². The number of rotatable bonds is 7. The maximum absolute atomic E-state index is 5.39. The fraction of sp³-hybridized carbons (Fsp3) is 0. The van der Waals surface area contributed by atoms with Crippen molar-refractivity contribution in [1.29, 1.82) is 0 Å². The molecule has 0 saturated heterocycles. The minimum Gasteiger partial charge on any atom is -0.310 e. The van der Waals surface area contributed by atoms with E-state index in [1.807, 2.05) is 12.1 Å². The van der Waals surface area contributed by atoms with Crippen molar-refractivity contribution in [2.24, 2.45) is 0 Å². The summed E-state index contributed by atoms with van der Waals surface area (Å²) >= 11 is 0. The van der Waals surface area contributed by atoms with Gasteiger partial charge >= 0.3 is 0 Å². The Morgan fingerprint density at radius 1 is 0.309 bits per heavy atom. The molecule has 0 spiro atoms. The van der Waals surface area contributed by atoms with Crippen LogP contribution in [0.1, 0.15) is 0 Å². The summed E-state index contributed by atoms with van der Waals surface area (Å²) in [5, 5.41) is 4.66. The van der Waals surface area contributed by atoms with Gasteiger partial charge in [-0.25, -0.2) is 9.97 Å². The first-order valence-corrected chi connectivity index (χ1v) is 18.7. The number of fused-ring (bicyclic) bond motifs is 4. The predicted octanol–water partition coefficient (Wildman–Crippen LogP) is 14.1. The lowest BCUT2D eigenvalue weighted by Gasteiger charge is -2.26. The summed E-state index contributed by atoms with van der Waals surface area (Å²) in [6.45, 7) is 0. The first kappa shape index (κ1) is 32.3. The summed E-state index contributed by atoms with van der Waals surface area (Å²) in [6.07, 6.45) is 0. The number of nitrogens with zero attached hydrogens (tertiary/aromatic N) is 3. The van der Waals surface area contributed by atoms with Gasteiger partial charge in [-0.05, 0) is 86.9 Å². The Hall–Kier alpha value is -7.36. The van der Waals surface area contributed by atoms with Crippen LogP contribution in [0.25, 0.3) is 77.3 Å². The molecule has 3 heteroatoms.